The van der Waals surface area contributed by atoms with Crippen molar-refractivity contribution >= 4 is 28.5 Å². The van der Waals surface area contributed by atoms with Gasteiger partial charge in [-0.3, -0.25) is 0 Å². The average molecular weight is 539 g/mol. The van der Waals surface area contributed by atoms with Gasteiger partial charge in [0.25, 0.3) is 0 Å². The second-order valence-corrected chi connectivity index (χ2v) is 6.83. The van der Waals surface area contributed by atoms with Gasteiger partial charge < -0.3 is 10.0 Å². The molecule has 4 aromatic rings. The largest absolute Gasteiger partial charge is 0.488 e. The molecule has 0 saturated carbocycles. The van der Waals surface area contributed by atoms with Crippen molar-refractivity contribution in [1.29, 1.82) is 10.5 Å². The van der Waals surface area contributed by atoms with Crippen molar-refractivity contribution in [3.63, 3.8) is 0 Å². The molecule has 0 radical (unpaired) electrons. The molecule has 0 bridgehead atoms. The zero-order chi connectivity index (χ0) is 24.9. The Kier molecular flexibility index (Phi) is 12.3. The van der Waals surface area contributed by atoms with Crippen LogP contribution in [-0.2, 0) is 0 Å². The lowest BCUT2D eigenvalue weighted by Crippen LogP contribution is -2.30. The molecule has 0 saturated heterocycles. The Morgan fingerprint density at radius 1 is 0.771 bits per heavy atom. The van der Waals surface area contributed by atoms with Crippen LogP contribution in [0.4, 0.5) is 8.78 Å². The normalized spacial score (nSPS) is 9.00. The Balaban J connectivity index is 0.000000275. The predicted octanol–water partition coefficient (Wildman–Crippen LogP) is 3.41. The number of nitrogens with zero attached hydrogens (tertiary/aromatic N) is 6. The van der Waals surface area contributed by atoms with Gasteiger partial charge in [-0.15, -0.1) is 0 Å². The highest BCUT2D eigenvalue weighted by Gasteiger charge is 2.12. The smallest absolute Gasteiger partial charge is 0.423 e. The van der Waals surface area contributed by atoms with Crippen LogP contribution < -0.4 is 5.46 Å². The maximum absolute atomic E-state index is 13.3. The summed E-state index contributed by atoms with van der Waals surface area (Å²) in [7, 11) is -1.70. The van der Waals surface area contributed by atoms with Crippen molar-refractivity contribution in [3.8, 4) is 23.5 Å². The van der Waals surface area contributed by atoms with E-state index in [0.29, 0.717) is 16.1 Å². The molecule has 0 amide bonds. The fourth-order valence-electron chi connectivity index (χ4n) is 2.26. The van der Waals surface area contributed by atoms with Gasteiger partial charge in [-0.25, -0.2) is 28.7 Å². The van der Waals surface area contributed by atoms with Gasteiger partial charge in [0.05, 0.1) is 11.1 Å². The maximum atomic E-state index is 13.3. The molecule has 35 heavy (non-hydrogen) atoms. The zero-order valence-electron chi connectivity index (χ0n) is 17.2. The average Bonchev–Trinajstić information content (AvgIpc) is 2.85. The molecule has 2 heterocycles. The molecule has 0 aliphatic carbocycles. The molecule has 2 aromatic heterocycles. The summed E-state index contributed by atoms with van der Waals surface area (Å²) in [4.78, 5) is 15.5. The van der Waals surface area contributed by atoms with Gasteiger partial charge in [0, 0.05) is 30.4 Å². The molecular formula is C23H18BBrF2N6O2. The first kappa shape index (κ1) is 28.9. The molecule has 2 aromatic carbocycles. The first-order valence-electron chi connectivity index (χ1n) is 9.31. The molecular weight excluding hydrogens is 521 g/mol. The number of rotatable bonds is 2. The third kappa shape index (κ3) is 9.35. The van der Waals surface area contributed by atoms with E-state index < -0.39 is 18.8 Å². The number of hydrogen-bond acceptors (Lipinski definition) is 8. The monoisotopic (exact) mass is 538 g/mol. The van der Waals surface area contributed by atoms with Crippen LogP contribution in [0.15, 0.2) is 78.1 Å². The number of benzene rings is 2. The van der Waals surface area contributed by atoms with Crippen molar-refractivity contribution in [1.82, 2.24) is 19.9 Å². The Bertz CT molecular complexity index is 1300. The summed E-state index contributed by atoms with van der Waals surface area (Å²) in [5, 5.41) is 34.1. The first-order valence-corrected chi connectivity index (χ1v) is 10.1. The van der Waals surface area contributed by atoms with E-state index in [9.17, 15) is 8.78 Å². The summed E-state index contributed by atoms with van der Waals surface area (Å²) in [6.45, 7) is 0. The lowest BCUT2D eigenvalue weighted by atomic mass is 9.80. The molecule has 0 atom stereocenters. The minimum atomic E-state index is -1.70. The van der Waals surface area contributed by atoms with E-state index in [1.807, 2.05) is 0 Å². The number of nitriles is 2. The van der Waals surface area contributed by atoms with Gasteiger partial charge in [-0.05, 0) is 63.9 Å². The van der Waals surface area contributed by atoms with Crippen LogP contribution in [-0.4, -0.2) is 37.1 Å². The highest BCUT2D eigenvalue weighted by Crippen LogP contribution is 2.17. The van der Waals surface area contributed by atoms with Crippen molar-refractivity contribution in [2.45, 2.75) is 7.43 Å². The summed E-state index contributed by atoms with van der Waals surface area (Å²) in [6.07, 6.45) is 6.52. The highest BCUT2D eigenvalue weighted by molar-refractivity contribution is 9.10. The van der Waals surface area contributed by atoms with E-state index in [2.05, 4.69) is 35.9 Å². The van der Waals surface area contributed by atoms with Crippen molar-refractivity contribution in [3.05, 3.63) is 101 Å². The fourth-order valence-corrected chi connectivity index (χ4v) is 2.49. The minimum Gasteiger partial charge on any atom is -0.423 e. The predicted molar refractivity (Wildman–Crippen MR) is 130 cm³/mol. The van der Waals surface area contributed by atoms with Gasteiger partial charge in [0.2, 0.25) is 0 Å². The summed E-state index contributed by atoms with van der Waals surface area (Å²) < 4.78 is 26.7. The van der Waals surface area contributed by atoms with Gasteiger partial charge in [-0.2, -0.15) is 10.5 Å². The van der Waals surface area contributed by atoms with E-state index in [0.717, 1.165) is 6.07 Å². The van der Waals surface area contributed by atoms with Gasteiger partial charge in [0.1, 0.15) is 23.8 Å². The molecule has 12 heteroatoms. The van der Waals surface area contributed by atoms with Crippen LogP contribution in [0.1, 0.15) is 18.6 Å². The van der Waals surface area contributed by atoms with Crippen LogP contribution in [0.25, 0.3) is 11.4 Å². The standard InChI is InChI=1S/C11H6FN3.C7H5BFNO2.C4H3BrN2.CH4/c12-10-6-8(2-3-9(10)7-13)11-14-4-1-5-15-11;9-7-3-6(8(11)12)2-1-5(7)4-10;5-4-6-2-1-3-7-4;/h1-6H;1-3,11-12H;1-3H;1H4. The quantitative estimate of drug-likeness (QED) is 0.292. The molecule has 176 valence electrons. The van der Waals surface area contributed by atoms with Crippen LogP contribution in [0.5, 0.6) is 0 Å². The Labute approximate surface area is 209 Å². The molecule has 0 spiro atoms. The second kappa shape index (κ2) is 14.9. The van der Waals surface area contributed by atoms with E-state index in [1.54, 1.807) is 55.1 Å². The molecule has 0 fully saturated rings. The van der Waals surface area contributed by atoms with Crippen molar-refractivity contribution < 1.29 is 18.8 Å². The SMILES string of the molecule is Brc1ncccn1.C.N#Cc1ccc(-c2ncccn2)cc1F.N#Cc1ccc(B(O)O)cc1F. The van der Waals surface area contributed by atoms with Crippen molar-refractivity contribution in [2.24, 2.45) is 0 Å². The summed E-state index contributed by atoms with van der Waals surface area (Å²) in [6, 6.07) is 14.5. The van der Waals surface area contributed by atoms with Crippen LogP contribution in [0, 0.1) is 34.3 Å². The third-order valence-electron chi connectivity index (χ3n) is 3.86. The Morgan fingerprint density at radius 3 is 1.66 bits per heavy atom. The van der Waals surface area contributed by atoms with Crippen molar-refractivity contribution in [2.75, 3.05) is 0 Å². The second-order valence-electron chi connectivity index (χ2n) is 6.12. The molecule has 0 unspecified atom stereocenters. The molecule has 8 nitrogen and oxygen atoms in total. The fraction of sp³-hybridized carbons (Fsp3) is 0.0435. The van der Waals surface area contributed by atoms with E-state index >= 15 is 0 Å². The zero-order valence-corrected chi connectivity index (χ0v) is 18.8. The molecule has 2 N–H and O–H groups in total. The van der Waals surface area contributed by atoms with Gasteiger partial charge in [0.15, 0.2) is 10.6 Å². The molecule has 0 aliphatic rings. The van der Waals surface area contributed by atoms with E-state index in [1.165, 1.54) is 24.3 Å². The minimum absolute atomic E-state index is 0. The van der Waals surface area contributed by atoms with Crippen LogP contribution in [0.2, 0.25) is 0 Å². The summed E-state index contributed by atoms with van der Waals surface area (Å²) in [5.74, 6) is -0.855. The third-order valence-corrected chi connectivity index (χ3v) is 4.27. The molecule has 0 aliphatic heterocycles. The van der Waals surface area contributed by atoms with Gasteiger partial charge >= 0.3 is 7.12 Å². The summed E-state index contributed by atoms with van der Waals surface area (Å²) >= 11 is 3.09. The first-order chi connectivity index (χ1) is 16.3. The number of halogens is 3. The highest BCUT2D eigenvalue weighted by atomic mass is 79.9. The van der Waals surface area contributed by atoms with E-state index in [-0.39, 0.29) is 24.0 Å². The lowest BCUT2D eigenvalue weighted by molar-refractivity contribution is 0.425. The topological polar surface area (TPSA) is 140 Å². The Morgan fingerprint density at radius 2 is 1.26 bits per heavy atom. The van der Waals surface area contributed by atoms with Crippen LogP contribution >= 0.6 is 15.9 Å². The lowest BCUT2D eigenvalue weighted by Gasteiger charge is -1.99. The summed E-state index contributed by atoms with van der Waals surface area (Å²) in [5.41, 5.74) is 0.507. The number of aromatic nitrogens is 4. The van der Waals surface area contributed by atoms with Gasteiger partial charge in [-0.1, -0.05) is 13.5 Å². The van der Waals surface area contributed by atoms with E-state index in [4.69, 9.17) is 20.6 Å². The number of hydrogen-bond donors (Lipinski definition) is 2. The Hall–Kier alpha value is -4.10. The molecule has 4 rings (SSSR count). The maximum Gasteiger partial charge on any atom is 0.488 e. The van der Waals surface area contributed by atoms with Crippen LogP contribution in [0.3, 0.4) is 0 Å².